The molecule has 1 amide bonds. The number of rotatable bonds is 8. The molecule has 1 aromatic carbocycles. The number of amides is 1. The number of morpholine rings is 1. The SMILES string of the molecule is COCCCc1nc(C(=O)N2CCOCC2(C)C)c2n1-c1cc(OC(C)C)c(OC)cc1CC2. The molecular weight excluding hydrogens is 434 g/mol. The number of carbonyl (C=O) groups excluding carboxylic acids is 1. The Hall–Kier alpha value is -2.58. The Balaban J connectivity index is 1.82. The first-order chi connectivity index (χ1) is 16.3. The van der Waals surface area contributed by atoms with Crippen LogP contribution in [0.4, 0.5) is 0 Å². The summed E-state index contributed by atoms with van der Waals surface area (Å²) in [6.07, 6.45) is 3.10. The molecule has 8 nitrogen and oxygen atoms in total. The van der Waals surface area contributed by atoms with Crippen molar-refractivity contribution in [1.82, 2.24) is 14.5 Å². The van der Waals surface area contributed by atoms with E-state index in [0.29, 0.717) is 44.2 Å². The molecule has 2 aromatic rings. The molecular formula is C26H37N3O5. The molecule has 2 aliphatic heterocycles. The zero-order valence-corrected chi connectivity index (χ0v) is 21.3. The third kappa shape index (κ3) is 4.66. The minimum absolute atomic E-state index is 0.0136. The normalized spacial score (nSPS) is 16.9. The monoisotopic (exact) mass is 471 g/mol. The van der Waals surface area contributed by atoms with Gasteiger partial charge in [0.05, 0.1) is 43.3 Å². The number of hydrogen-bond acceptors (Lipinski definition) is 6. The van der Waals surface area contributed by atoms with Gasteiger partial charge >= 0.3 is 0 Å². The van der Waals surface area contributed by atoms with Gasteiger partial charge in [-0.1, -0.05) is 0 Å². The highest BCUT2D eigenvalue weighted by Gasteiger charge is 2.38. The van der Waals surface area contributed by atoms with Crippen molar-refractivity contribution in [3.63, 3.8) is 0 Å². The first-order valence-electron chi connectivity index (χ1n) is 12.1. The van der Waals surface area contributed by atoms with E-state index in [1.165, 1.54) is 0 Å². The lowest BCUT2D eigenvalue weighted by atomic mass is 9.98. The first-order valence-corrected chi connectivity index (χ1v) is 12.1. The molecule has 4 rings (SSSR count). The van der Waals surface area contributed by atoms with Gasteiger partial charge in [0.25, 0.3) is 5.91 Å². The summed E-state index contributed by atoms with van der Waals surface area (Å²) in [5.74, 6) is 2.28. The Morgan fingerprint density at radius 1 is 1.21 bits per heavy atom. The predicted octanol–water partition coefficient (Wildman–Crippen LogP) is 3.60. The molecule has 1 aromatic heterocycles. The molecule has 1 fully saturated rings. The van der Waals surface area contributed by atoms with Crippen molar-refractivity contribution in [3.8, 4) is 17.2 Å². The van der Waals surface area contributed by atoms with Crippen molar-refractivity contribution in [3.05, 3.63) is 34.9 Å². The van der Waals surface area contributed by atoms with Crippen molar-refractivity contribution < 1.29 is 23.7 Å². The summed E-state index contributed by atoms with van der Waals surface area (Å²) in [4.78, 5) is 20.6. The highest BCUT2D eigenvalue weighted by atomic mass is 16.5. The Bertz CT molecular complexity index is 1040. The van der Waals surface area contributed by atoms with Crippen LogP contribution in [-0.2, 0) is 28.7 Å². The van der Waals surface area contributed by atoms with E-state index in [9.17, 15) is 4.79 Å². The zero-order valence-electron chi connectivity index (χ0n) is 21.3. The van der Waals surface area contributed by atoms with Gasteiger partial charge in [-0.3, -0.25) is 9.36 Å². The molecule has 0 radical (unpaired) electrons. The number of imidazole rings is 1. The smallest absolute Gasteiger partial charge is 0.274 e. The van der Waals surface area contributed by atoms with Gasteiger partial charge < -0.3 is 23.8 Å². The number of aryl methyl sites for hydroxylation is 2. The first kappa shape index (κ1) is 24.5. The molecule has 0 bridgehead atoms. The van der Waals surface area contributed by atoms with Gasteiger partial charge in [0.15, 0.2) is 11.5 Å². The fraction of sp³-hybridized carbons (Fsp3) is 0.615. The maximum atomic E-state index is 13.8. The van der Waals surface area contributed by atoms with Crippen LogP contribution in [0.3, 0.4) is 0 Å². The molecule has 0 N–H and O–H groups in total. The topological polar surface area (TPSA) is 75.0 Å². The van der Waals surface area contributed by atoms with Crippen molar-refractivity contribution in [2.24, 2.45) is 0 Å². The van der Waals surface area contributed by atoms with Gasteiger partial charge in [-0.25, -0.2) is 4.98 Å². The maximum Gasteiger partial charge on any atom is 0.274 e. The minimum Gasteiger partial charge on any atom is -0.493 e. The van der Waals surface area contributed by atoms with Crippen LogP contribution >= 0.6 is 0 Å². The highest BCUT2D eigenvalue weighted by Crippen LogP contribution is 2.38. The van der Waals surface area contributed by atoms with Gasteiger partial charge in [-0.05, 0) is 58.6 Å². The molecule has 0 saturated carbocycles. The van der Waals surface area contributed by atoms with Gasteiger partial charge in [-0.2, -0.15) is 0 Å². The fourth-order valence-corrected chi connectivity index (χ4v) is 4.85. The lowest BCUT2D eigenvalue weighted by Gasteiger charge is -2.41. The Kier molecular flexibility index (Phi) is 7.19. The van der Waals surface area contributed by atoms with Crippen molar-refractivity contribution in [1.29, 1.82) is 0 Å². The number of methoxy groups -OCH3 is 2. The van der Waals surface area contributed by atoms with Crippen molar-refractivity contribution in [2.75, 3.05) is 40.6 Å². The molecule has 0 unspecified atom stereocenters. The number of aromatic nitrogens is 2. The van der Waals surface area contributed by atoms with Crippen LogP contribution in [0.2, 0.25) is 0 Å². The molecule has 1 saturated heterocycles. The summed E-state index contributed by atoms with van der Waals surface area (Å²) in [6, 6.07) is 4.09. The molecule has 0 spiro atoms. The van der Waals surface area contributed by atoms with E-state index in [1.807, 2.05) is 38.7 Å². The van der Waals surface area contributed by atoms with Crippen LogP contribution in [0, 0.1) is 0 Å². The quantitative estimate of drug-likeness (QED) is 0.548. The van der Waals surface area contributed by atoms with Crippen molar-refractivity contribution in [2.45, 2.75) is 65.0 Å². The third-order valence-electron chi connectivity index (χ3n) is 6.48. The molecule has 8 heteroatoms. The summed E-state index contributed by atoms with van der Waals surface area (Å²) in [5, 5.41) is 0. The molecule has 34 heavy (non-hydrogen) atoms. The van der Waals surface area contributed by atoms with E-state index in [0.717, 1.165) is 47.8 Å². The predicted molar refractivity (Wildman–Crippen MR) is 129 cm³/mol. The number of benzene rings is 1. The molecule has 0 aliphatic carbocycles. The van der Waals surface area contributed by atoms with Gasteiger partial charge in [0.2, 0.25) is 0 Å². The van der Waals surface area contributed by atoms with E-state index in [1.54, 1.807) is 14.2 Å². The molecule has 186 valence electrons. The van der Waals surface area contributed by atoms with E-state index < -0.39 is 0 Å². The Morgan fingerprint density at radius 2 is 2.00 bits per heavy atom. The van der Waals surface area contributed by atoms with Crippen LogP contribution in [0.15, 0.2) is 12.1 Å². The largest absolute Gasteiger partial charge is 0.493 e. The minimum atomic E-state index is -0.375. The molecule has 3 heterocycles. The summed E-state index contributed by atoms with van der Waals surface area (Å²) in [5.41, 5.74) is 3.32. The Morgan fingerprint density at radius 3 is 2.68 bits per heavy atom. The van der Waals surface area contributed by atoms with Gasteiger partial charge in [-0.15, -0.1) is 0 Å². The van der Waals surface area contributed by atoms with Crippen LogP contribution in [0.1, 0.15) is 61.7 Å². The van der Waals surface area contributed by atoms with Crippen molar-refractivity contribution >= 4 is 5.91 Å². The third-order valence-corrected chi connectivity index (χ3v) is 6.48. The summed E-state index contributed by atoms with van der Waals surface area (Å²) < 4.78 is 24.8. The molecule has 2 aliphatic rings. The number of nitrogens with zero attached hydrogens (tertiary/aromatic N) is 3. The molecule has 0 atom stereocenters. The number of hydrogen-bond donors (Lipinski definition) is 0. The summed E-state index contributed by atoms with van der Waals surface area (Å²) >= 11 is 0. The second-order valence-electron chi connectivity index (χ2n) is 9.88. The number of carbonyl (C=O) groups is 1. The average Bonchev–Trinajstić information content (AvgIpc) is 3.17. The van der Waals surface area contributed by atoms with Crippen LogP contribution in [0.25, 0.3) is 5.69 Å². The van der Waals surface area contributed by atoms with Gasteiger partial charge in [0, 0.05) is 32.7 Å². The second-order valence-corrected chi connectivity index (χ2v) is 9.88. The number of fused-ring (bicyclic) bond motifs is 3. The fourth-order valence-electron chi connectivity index (χ4n) is 4.85. The highest BCUT2D eigenvalue weighted by molar-refractivity contribution is 5.94. The lowest BCUT2D eigenvalue weighted by molar-refractivity contribution is -0.0373. The average molecular weight is 472 g/mol. The van der Waals surface area contributed by atoms with Crippen LogP contribution < -0.4 is 9.47 Å². The van der Waals surface area contributed by atoms with Crippen LogP contribution in [0.5, 0.6) is 11.5 Å². The Labute approximate surface area is 202 Å². The standard InChI is InChI=1S/C26H37N3O5/c1-17(2)34-22-15-20-18(14-21(22)32-6)9-10-19-24(27-23(29(19)20)8-7-12-31-5)25(30)28-11-13-33-16-26(28,3)4/h14-15,17H,7-13,16H2,1-6H3. The van der Waals surface area contributed by atoms with E-state index in [4.69, 9.17) is 23.9 Å². The van der Waals surface area contributed by atoms with Gasteiger partial charge in [0.1, 0.15) is 11.5 Å². The number of ether oxygens (including phenoxy) is 4. The van der Waals surface area contributed by atoms with E-state index in [-0.39, 0.29) is 17.6 Å². The lowest BCUT2D eigenvalue weighted by Crippen LogP contribution is -2.55. The van der Waals surface area contributed by atoms with Crippen LogP contribution in [-0.4, -0.2) is 72.6 Å². The zero-order chi connectivity index (χ0) is 24.5. The summed E-state index contributed by atoms with van der Waals surface area (Å²) in [7, 11) is 3.37. The second kappa shape index (κ2) is 9.96. The summed E-state index contributed by atoms with van der Waals surface area (Å²) in [6.45, 7) is 10.4. The van der Waals surface area contributed by atoms with E-state index >= 15 is 0 Å². The van der Waals surface area contributed by atoms with E-state index in [2.05, 4.69) is 10.6 Å². The maximum absolute atomic E-state index is 13.8.